The fourth-order valence-corrected chi connectivity index (χ4v) is 1.75. The zero-order valence-electron chi connectivity index (χ0n) is 10.3. The van der Waals surface area contributed by atoms with E-state index in [2.05, 4.69) is 4.98 Å². The summed E-state index contributed by atoms with van der Waals surface area (Å²) < 4.78 is 31.5. The lowest BCUT2D eigenvalue weighted by molar-refractivity contribution is 0.171. The van der Waals surface area contributed by atoms with Gasteiger partial charge in [-0.25, -0.2) is 13.8 Å². The zero-order valence-corrected chi connectivity index (χ0v) is 10.3. The van der Waals surface area contributed by atoms with Crippen LogP contribution in [-0.2, 0) is 6.42 Å². The van der Waals surface area contributed by atoms with E-state index in [1.807, 2.05) is 0 Å². The minimum absolute atomic E-state index is 0.0518. The first-order chi connectivity index (χ1) is 9.11. The molecule has 0 saturated carbocycles. The van der Waals surface area contributed by atoms with Crippen molar-refractivity contribution in [3.05, 3.63) is 59.3 Å². The van der Waals surface area contributed by atoms with Gasteiger partial charge in [-0.2, -0.15) is 0 Å². The normalized spacial score (nSPS) is 12.2. The monoisotopic (exact) mass is 265 g/mol. The lowest BCUT2D eigenvalue weighted by Crippen LogP contribution is -2.07. The van der Waals surface area contributed by atoms with Gasteiger partial charge in [-0.3, -0.25) is 0 Å². The number of pyridine rings is 1. The zero-order chi connectivity index (χ0) is 13.8. The van der Waals surface area contributed by atoms with E-state index >= 15 is 0 Å². The Kier molecular flexibility index (Phi) is 4.06. The van der Waals surface area contributed by atoms with Crippen LogP contribution in [0.5, 0.6) is 5.88 Å². The van der Waals surface area contributed by atoms with Crippen LogP contribution >= 0.6 is 0 Å². The molecule has 0 saturated heterocycles. The van der Waals surface area contributed by atoms with Crippen molar-refractivity contribution >= 4 is 0 Å². The standard InChI is InChI=1S/C14H13F2NO2/c1-19-13-7-3-6-11(17-13)12(18)8-9-4-2-5-10(15)14(9)16/h2-7,12,18H,8H2,1H3. The summed E-state index contributed by atoms with van der Waals surface area (Å²) in [5.41, 5.74) is 0.458. The number of rotatable bonds is 4. The number of hydrogen-bond acceptors (Lipinski definition) is 3. The molecule has 0 fully saturated rings. The Morgan fingerprint density at radius 1 is 1.21 bits per heavy atom. The minimum Gasteiger partial charge on any atom is -0.481 e. The number of nitrogens with zero attached hydrogens (tertiary/aromatic N) is 1. The predicted molar refractivity (Wildman–Crippen MR) is 65.8 cm³/mol. The number of aliphatic hydroxyl groups excluding tert-OH is 1. The van der Waals surface area contributed by atoms with Crippen LogP contribution in [0.25, 0.3) is 0 Å². The van der Waals surface area contributed by atoms with Crippen LogP contribution in [-0.4, -0.2) is 17.2 Å². The van der Waals surface area contributed by atoms with Crippen LogP contribution in [0.1, 0.15) is 17.4 Å². The maximum atomic E-state index is 13.5. The molecule has 0 aliphatic heterocycles. The van der Waals surface area contributed by atoms with Crippen molar-refractivity contribution in [3.63, 3.8) is 0 Å². The van der Waals surface area contributed by atoms with Crippen LogP contribution in [0.4, 0.5) is 8.78 Å². The van der Waals surface area contributed by atoms with Crippen molar-refractivity contribution in [2.75, 3.05) is 7.11 Å². The Bertz CT molecular complexity index is 575. The van der Waals surface area contributed by atoms with Gasteiger partial charge in [-0.05, 0) is 17.7 Å². The molecule has 100 valence electrons. The van der Waals surface area contributed by atoms with Crippen molar-refractivity contribution in [2.45, 2.75) is 12.5 Å². The van der Waals surface area contributed by atoms with Gasteiger partial charge in [-0.15, -0.1) is 0 Å². The second-order valence-corrected chi connectivity index (χ2v) is 4.04. The fraction of sp³-hybridized carbons (Fsp3) is 0.214. The van der Waals surface area contributed by atoms with Crippen molar-refractivity contribution < 1.29 is 18.6 Å². The molecule has 1 N–H and O–H groups in total. The van der Waals surface area contributed by atoms with E-state index in [4.69, 9.17) is 4.74 Å². The fourth-order valence-electron chi connectivity index (χ4n) is 1.75. The Labute approximate surface area is 109 Å². The molecule has 1 aromatic heterocycles. The van der Waals surface area contributed by atoms with Crippen molar-refractivity contribution in [3.8, 4) is 5.88 Å². The molecule has 2 rings (SSSR count). The maximum absolute atomic E-state index is 13.5. The summed E-state index contributed by atoms with van der Waals surface area (Å²) in [5, 5.41) is 10.0. The lowest BCUT2D eigenvalue weighted by atomic mass is 10.0. The molecular weight excluding hydrogens is 252 g/mol. The van der Waals surface area contributed by atoms with Crippen molar-refractivity contribution in [1.29, 1.82) is 0 Å². The molecule has 0 aliphatic rings. The first-order valence-corrected chi connectivity index (χ1v) is 5.73. The van der Waals surface area contributed by atoms with E-state index in [9.17, 15) is 13.9 Å². The topological polar surface area (TPSA) is 42.4 Å². The third-order valence-corrected chi connectivity index (χ3v) is 2.74. The Balaban J connectivity index is 2.20. The summed E-state index contributed by atoms with van der Waals surface area (Å²) in [6.45, 7) is 0. The molecule has 1 heterocycles. The molecule has 0 aliphatic carbocycles. The van der Waals surface area contributed by atoms with E-state index in [1.165, 1.54) is 19.2 Å². The number of aliphatic hydroxyl groups is 1. The summed E-state index contributed by atoms with van der Waals surface area (Å²) in [6, 6.07) is 8.78. The first kappa shape index (κ1) is 13.4. The molecule has 0 bridgehead atoms. The number of halogens is 2. The summed E-state index contributed by atoms with van der Waals surface area (Å²) in [4.78, 5) is 4.05. The number of methoxy groups -OCH3 is 1. The van der Waals surface area contributed by atoms with Crippen LogP contribution < -0.4 is 4.74 Å². The van der Waals surface area contributed by atoms with E-state index in [-0.39, 0.29) is 12.0 Å². The van der Waals surface area contributed by atoms with Crippen LogP contribution in [0.2, 0.25) is 0 Å². The molecule has 3 nitrogen and oxygen atoms in total. The molecular formula is C14H13F2NO2. The average molecular weight is 265 g/mol. The molecule has 19 heavy (non-hydrogen) atoms. The molecule has 2 aromatic rings. The van der Waals surface area contributed by atoms with Gasteiger partial charge in [0.05, 0.1) is 12.8 Å². The summed E-state index contributed by atoms with van der Waals surface area (Å²) >= 11 is 0. The lowest BCUT2D eigenvalue weighted by Gasteiger charge is -2.12. The van der Waals surface area contributed by atoms with Gasteiger partial charge in [0.15, 0.2) is 11.6 Å². The quantitative estimate of drug-likeness (QED) is 0.924. The highest BCUT2D eigenvalue weighted by Crippen LogP contribution is 2.21. The summed E-state index contributed by atoms with van der Waals surface area (Å²) in [7, 11) is 1.46. The van der Waals surface area contributed by atoms with Gasteiger partial charge in [0.2, 0.25) is 5.88 Å². The van der Waals surface area contributed by atoms with Crippen LogP contribution in [0.3, 0.4) is 0 Å². The highest BCUT2D eigenvalue weighted by molar-refractivity contribution is 5.23. The second kappa shape index (κ2) is 5.75. The van der Waals surface area contributed by atoms with Gasteiger partial charge in [0.1, 0.15) is 6.10 Å². The number of hydrogen-bond donors (Lipinski definition) is 1. The Morgan fingerprint density at radius 3 is 2.68 bits per heavy atom. The smallest absolute Gasteiger partial charge is 0.213 e. The van der Waals surface area contributed by atoms with Crippen molar-refractivity contribution in [1.82, 2.24) is 4.98 Å². The highest BCUT2D eigenvalue weighted by Gasteiger charge is 2.15. The van der Waals surface area contributed by atoms with E-state index in [0.29, 0.717) is 11.6 Å². The molecule has 1 atom stereocenters. The molecule has 1 unspecified atom stereocenters. The van der Waals surface area contributed by atoms with E-state index < -0.39 is 17.7 Å². The average Bonchev–Trinajstić information content (AvgIpc) is 2.44. The largest absolute Gasteiger partial charge is 0.481 e. The van der Waals surface area contributed by atoms with Gasteiger partial charge in [0.25, 0.3) is 0 Å². The van der Waals surface area contributed by atoms with Crippen molar-refractivity contribution in [2.24, 2.45) is 0 Å². The van der Waals surface area contributed by atoms with Gasteiger partial charge in [-0.1, -0.05) is 18.2 Å². The number of ether oxygens (including phenoxy) is 1. The summed E-state index contributed by atoms with van der Waals surface area (Å²) in [6.07, 6.45) is -1.07. The molecule has 0 radical (unpaired) electrons. The first-order valence-electron chi connectivity index (χ1n) is 5.73. The summed E-state index contributed by atoms with van der Waals surface area (Å²) in [5.74, 6) is -1.51. The van der Waals surface area contributed by atoms with Crippen LogP contribution in [0.15, 0.2) is 36.4 Å². The van der Waals surface area contributed by atoms with Gasteiger partial charge >= 0.3 is 0 Å². The molecule has 0 amide bonds. The molecule has 1 aromatic carbocycles. The molecule has 5 heteroatoms. The van der Waals surface area contributed by atoms with E-state index in [0.717, 1.165) is 6.07 Å². The minimum atomic E-state index is -1.02. The second-order valence-electron chi connectivity index (χ2n) is 4.04. The van der Waals surface area contributed by atoms with Gasteiger partial charge in [0, 0.05) is 12.5 Å². The number of aromatic nitrogens is 1. The van der Waals surface area contributed by atoms with Crippen LogP contribution in [0, 0.1) is 11.6 Å². The predicted octanol–water partition coefficient (Wildman–Crippen LogP) is 2.64. The maximum Gasteiger partial charge on any atom is 0.213 e. The number of benzene rings is 1. The Morgan fingerprint density at radius 2 is 1.95 bits per heavy atom. The Hall–Kier alpha value is -2.01. The highest BCUT2D eigenvalue weighted by atomic mass is 19.2. The third kappa shape index (κ3) is 3.06. The SMILES string of the molecule is COc1cccc(C(O)Cc2cccc(F)c2F)n1. The van der Waals surface area contributed by atoms with Gasteiger partial charge < -0.3 is 9.84 Å². The third-order valence-electron chi connectivity index (χ3n) is 2.74. The molecule has 0 spiro atoms. The van der Waals surface area contributed by atoms with E-state index in [1.54, 1.807) is 18.2 Å².